The number of carbonyl (C=O) groups excluding carboxylic acids is 2. The number of nitrogens with one attached hydrogen (secondary N) is 2. The van der Waals surface area contributed by atoms with Crippen LogP contribution in [0.3, 0.4) is 0 Å². The van der Waals surface area contributed by atoms with Crippen LogP contribution in [0.5, 0.6) is 0 Å². The molecule has 0 saturated heterocycles. The highest BCUT2D eigenvalue weighted by molar-refractivity contribution is 7.98. The fraction of sp³-hybridized carbons (Fsp3) is 0.250. The van der Waals surface area contributed by atoms with E-state index in [0.29, 0.717) is 12.1 Å². The second-order valence-corrected chi connectivity index (χ2v) is 6.47. The number of hydrogen-bond acceptors (Lipinski definition) is 5. The lowest BCUT2D eigenvalue weighted by atomic mass is 10.1. The van der Waals surface area contributed by atoms with Crippen molar-refractivity contribution in [3.05, 3.63) is 52.2 Å². The van der Waals surface area contributed by atoms with E-state index in [2.05, 4.69) is 10.6 Å². The average Bonchev–Trinajstić information content (AvgIpc) is 3.10. The maximum absolute atomic E-state index is 11.7. The third-order valence-electron chi connectivity index (χ3n) is 3.20. The van der Waals surface area contributed by atoms with Crippen molar-refractivity contribution in [3.8, 4) is 0 Å². The second-order valence-electron chi connectivity index (χ2n) is 4.81. The molecule has 1 unspecified atom stereocenters. The third-order valence-corrected chi connectivity index (χ3v) is 4.67. The smallest absolute Gasteiger partial charge is 0.309 e. The number of hydrogen-bond donors (Lipinski definition) is 3. The summed E-state index contributed by atoms with van der Waals surface area (Å²) in [6.45, 7) is 0.303. The molecule has 2 aromatic rings. The molecule has 23 heavy (non-hydrogen) atoms. The number of thiophene rings is 1. The molecule has 1 aromatic heterocycles. The molecule has 0 aliphatic carbocycles. The van der Waals surface area contributed by atoms with Crippen molar-refractivity contribution < 1.29 is 14.7 Å². The first-order chi connectivity index (χ1) is 11.1. The van der Waals surface area contributed by atoms with Crippen molar-refractivity contribution in [2.45, 2.75) is 17.5 Å². The van der Waals surface area contributed by atoms with Crippen LogP contribution in [0.1, 0.15) is 17.2 Å². The van der Waals surface area contributed by atoms with Gasteiger partial charge in [0.25, 0.3) is 0 Å². The molecule has 0 radical (unpaired) electrons. The van der Waals surface area contributed by atoms with Crippen LogP contribution < -0.4 is 10.6 Å². The van der Waals surface area contributed by atoms with E-state index in [1.165, 1.54) is 11.3 Å². The van der Waals surface area contributed by atoms with Crippen LogP contribution in [0.2, 0.25) is 0 Å². The molecule has 3 N–H and O–H groups in total. The van der Waals surface area contributed by atoms with Crippen LogP contribution in [-0.2, 0) is 16.1 Å². The number of amides is 2. The van der Waals surface area contributed by atoms with Gasteiger partial charge in [0, 0.05) is 18.0 Å². The quantitative estimate of drug-likeness (QED) is 0.549. The molecule has 1 heterocycles. The first kappa shape index (κ1) is 17.5. The fourth-order valence-electron chi connectivity index (χ4n) is 1.87. The molecule has 0 fully saturated rings. The Balaban J connectivity index is 1.77. The van der Waals surface area contributed by atoms with E-state index in [-0.39, 0.29) is 6.54 Å². The largest absolute Gasteiger partial charge is 0.387 e. The number of benzene rings is 1. The van der Waals surface area contributed by atoms with E-state index in [1.54, 1.807) is 23.9 Å². The van der Waals surface area contributed by atoms with E-state index < -0.39 is 17.9 Å². The first-order valence-corrected chi connectivity index (χ1v) is 9.16. The standard InChI is InChI=1S/C16H18N2O3S2/c1-22-13-4-2-12(3-5-13)14(19)9-18-16(21)15(20)17-8-11-6-7-23-10-11/h2-7,10,14,19H,8-9H2,1H3,(H,17,20)(H,18,21). The van der Waals surface area contributed by atoms with Crippen molar-refractivity contribution in [1.82, 2.24) is 10.6 Å². The van der Waals surface area contributed by atoms with Gasteiger partial charge in [-0.25, -0.2) is 0 Å². The van der Waals surface area contributed by atoms with Gasteiger partial charge >= 0.3 is 11.8 Å². The number of rotatable bonds is 6. The van der Waals surface area contributed by atoms with E-state index in [0.717, 1.165) is 10.5 Å². The minimum Gasteiger partial charge on any atom is -0.387 e. The van der Waals surface area contributed by atoms with Gasteiger partial charge in [-0.2, -0.15) is 11.3 Å². The second kappa shape index (κ2) is 8.71. The minimum absolute atomic E-state index is 0.0106. The van der Waals surface area contributed by atoms with Gasteiger partial charge in [0.1, 0.15) is 0 Å². The third kappa shape index (κ3) is 5.38. The average molecular weight is 350 g/mol. The number of thioether (sulfide) groups is 1. The molecule has 7 heteroatoms. The lowest BCUT2D eigenvalue weighted by molar-refractivity contribution is -0.139. The monoisotopic (exact) mass is 350 g/mol. The molecule has 1 atom stereocenters. The molecule has 0 aliphatic rings. The van der Waals surface area contributed by atoms with Crippen LogP contribution in [0.25, 0.3) is 0 Å². The fourth-order valence-corrected chi connectivity index (χ4v) is 2.95. The number of aliphatic hydroxyl groups is 1. The molecule has 0 aliphatic heterocycles. The zero-order valence-corrected chi connectivity index (χ0v) is 14.2. The molecule has 1 aromatic carbocycles. The molecule has 5 nitrogen and oxygen atoms in total. The Hall–Kier alpha value is -1.83. The Morgan fingerprint density at radius 2 is 1.87 bits per heavy atom. The van der Waals surface area contributed by atoms with Crippen LogP contribution in [0.15, 0.2) is 46.0 Å². The maximum Gasteiger partial charge on any atom is 0.309 e. The highest BCUT2D eigenvalue weighted by Gasteiger charge is 2.15. The van der Waals surface area contributed by atoms with Crippen LogP contribution in [0, 0.1) is 0 Å². The van der Waals surface area contributed by atoms with Gasteiger partial charge in [0.15, 0.2) is 0 Å². The van der Waals surface area contributed by atoms with Crippen molar-refractivity contribution in [2.24, 2.45) is 0 Å². The lowest BCUT2D eigenvalue weighted by Gasteiger charge is -2.12. The molecular weight excluding hydrogens is 332 g/mol. The van der Waals surface area contributed by atoms with Crippen molar-refractivity contribution >= 4 is 34.9 Å². The molecule has 2 amide bonds. The van der Waals surface area contributed by atoms with Gasteiger partial charge in [-0.15, -0.1) is 11.8 Å². The summed E-state index contributed by atoms with van der Waals surface area (Å²) in [4.78, 5) is 24.5. The molecule has 122 valence electrons. The summed E-state index contributed by atoms with van der Waals surface area (Å²) >= 11 is 3.14. The van der Waals surface area contributed by atoms with Gasteiger partial charge in [0.2, 0.25) is 0 Å². The number of aliphatic hydroxyl groups excluding tert-OH is 1. The number of carbonyl (C=O) groups is 2. The summed E-state index contributed by atoms with van der Waals surface area (Å²) < 4.78 is 0. The van der Waals surface area contributed by atoms with Gasteiger partial charge in [-0.05, 0) is 46.3 Å². The maximum atomic E-state index is 11.7. The Bertz CT molecular complexity index is 642. The van der Waals surface area contributed by atoms with Crippen LogP contribution in [0.4, 0.5) is 0 Å². The Morgan fingerprint density at radius 3 is 2.48 bits per heavy atom. The predicted octanol–water partition coefficient (Wildman–Crippen LogP) is 1.94. The molecule has 2 rings (SSSR count). The molecule has 0 spiro atoms. The Labute approximate surface area is 143 Å². The van der Waals surface area contributed by atoms with E-state index in [4.69, 9.17) is 0 Å². The first-order valence-electron chi connectivity index (χ1n) is 6.99. The summed E-state index contributed by atoms with van der Waals surface area (Å²) in [5, 5.41) is 18.8. The van der Waals surface area contributed by atoms with E-state index in [1.807, 2.05) is 35.2 Å². The summed E-state index contributed by atoms with van der Waals surface area (Å²) in [5.74, 6) is -1.46. The summed E-state index contributed by atoms with van der Waals surface area (Å²) in [5.41, 5.74) is 1.65. The van der Waals surface area contributed by atoms with Gasteiger partial charge in [0.05, 0.1) is 6.10 Å². The topological polar surface area (TPSA) is 78.4 Å². The van der Waals surface area contributed by atoms with Gasteiger partial charge in [-0.3, -0.25) is 9.59 Å². The minimum atomic E-state index is -0.848. The zero-order chi connectivity index (χ0) is 16.7. The van der Waals surface area contributed by atoms with Crippen LogP contribution in [-0.4, -0.2) is 29.7 Å². The van der Waals surface area contributed by atoms with Crippen LogP contribution >= 0.6 is 23.1 Å². The zero-order valence-electron chi connectivity index (χ0n) is 12.6. The van der Waals surface area contributed by atoms with E-state index >= 15 is 0 Å². The lowest BCUT2D eigenvalue weighted by Crippen LogP contribution is -2.41. The summed E-state index contributed by atoms with van der Waals surface area (Å²) in [6, 6.07) is 9.29. The highest BCUT2D eigenvalue weighted by Crippen LogP contribution is 2.18. The van der Waals surface area contributed by atoms with Crippen molar-refractivity contribution in [2.75, 3.05) is 12.8 Å². The summed E-state index contributed by atoms with van der Waals surface area (Å²) in [7, 11) is 0. The summed E-state index contributed by atoms with van der Waals surface area (Å²) in [6.07, 6.45) is 1.12. The predicted molar refractivity (Wildman–Crippen MR) is 92.4 cm³/mol. The Kier molecular flexibility index (Phi) is 6.64. The normalized spacial score (nSPS) is 11.7. The van der Waals surface area contributed by atoms with Crippen molar-refractivity contribution in [1.29, 1.82) is 0 Å². The highest BCUT2D eigenvalue weighted by atomic mass is 32.2. The molecule has 0 saturated carbocycles. The molecule has 0 bridgehead atoms. The molecular formula is C16H18N2O3S2. The Morgan fingerprint density at radius 1 is 1.17 bits per heavy atom. The van der Waals surface area contributed by atoms with Gasteiger partial charge in [-0.1, -0.05) is 12.1 Å². The van der Waals surface area contributed by atoms with E-state index in [9.17, 15) is 14.7 Å². The van der Waals surface area contributed by atoms with Gasteiger partial charge < -0.3 is 15.7 Å². The van der Waals surface area contributed by atoms with Crippen molar-refractivity contribution in [3.63, 3.8) is 0 Å². The SMILES string of the molecule is CSc1ccc(C(O)CNC(=O)C(=O)NCc2ccsc2)cc1.